The molecule has 1 aromatic carbocycles. The number of carbonyl (C=O) groups excluding carboxylic acids is 1. The first-order chi connectivity index (χ1) is 12.5. The molecule has 0 aromatic heterocycles. The lowest BCUT2D eigenvalue weighted by atomic mass is 10.1. The van der Waals surface area contributed by atoms with E-state index in [0.29, 0.717) is 11.7 Å². The quantitative estimate of drug-likeness (QED) is 0.739. The zero-order valence-electron chi connectivity index (χ0n) is 14.7. The Balaban J connectivity index is 1.59. The molecule has 2 fully saturated rings. The molecule has 0 bridgehead atoms. The highest BCUT2D eigenvalue weighted by atomic mass is 16.4. The van der Waals surface area contributed by atoms with Crippen LogP contribution in [0.15, 0.2) is 18.2 Å². The fourth-order valence-electron chi connectivity index (χ4n) is 4.09. The van der Waals surface area contributed by atoms with Crippen LogP contribution in [-0.4, -0.2) is 53.5 Å². The number of aliphatic hydroxyl groups excluding tert-OH is 1. The molecule has 3 aliphatic rings. The van der Waals surface area contributed by atoms with Crippen LogP contribution in [0, 0.1) is 0 Å². The summed E-state index contributed by atoms with van der Waals surface area (Å²) in [6, 6.07) is 5.44. The van der Waals surface area contributed by atoms with E-state index in [9.17, 15) is 19.8 Å². The molecule has 3 N–H and O–H groups in total. The lowest BCUT2D eigenvalue weighted by Gasteiger charge is -2.41. The van der Waals surface area contributed by atoms with Gasteiger partial charge in [-0.3, -0.25) is 4.79 Å². The molecule has 0 radical (unpaired) electrons. The van der Waals surface area contributed by atoms with Crippen LogP contribution in [0.25, 0.3) is 0 Å². The average molecular weight is 359 g/mol. The number of aromatic carboxylic acids is 1. The van der Waals surface area contributed by atoms with Gasteiger partial charge in [0.15, 0.2) is 0 Å². The molecule has 1 atom stereocenters. The van der Waals surface area contributed by atoms with E-state index < -0.39 is 12.2 Å². The minimum absolute atomic E-state index is 0.129. The van der Waals surface area contributed by atoms with Crippen LogP contribution in [0.4, 0.5) is 11.4 Å². The number of aliphatic hydroxyl groups is 1. The van der Waals surface area contributed by atoms with Crippen molar-refractivity contribution in [2.75, 3.05) is 22.9 Å². The smallest absolute Gasteiger partial charge is 0.335 e. The van der Waals surface area contributed by atoms with Crippen molar-refractivity contribution in [1.29, 1.82) is 0 Å². The zero-order chi connectivity index (χ0) is 18.3. The molecule has 1 amide bonds. The number of amides is 1. The normalized spacial score (nSPS) is 23.2. The number of benzene rings is 1. The summed E-state index contributed by atoms with van der Waals surface area (Å²) in [5.74, 6) is -1.15. The standard InChI is InChI=1S/C19H25N3O4/c23-17(10-20-13-3-1-2-4-13)21-11-18(24)22(14-6-7-14)15-8-5-12(19(25)26)9-16(15)21/h5,8-9,13-14,18,20,24H,1-4,6-7,10-11H2,(H,25,26). The van der Waals surface area contributed by atoms with Gasteiger partial charge in [0, 0.05) is 12.1 Å². The van der Waals surface area contributed by atoms with Gasteiger partial charge < -0.3 is 25.3 Å². The van der Waals surface area contributed by atoms with Gasteiger partial charge in [-0.05, 0) is 43.9 Å². The largest absolute Gasteiger partial charge is 0.478 e. The summed E-state index contributed by atoms with van der Waals surface area (Å²) in [5, 5.41) is 23.2. The second kappa shape index (κ2) is 6.89. The van der Waals surface area contributed by atoms with Crippen LogP contribution in [0.5, 0.6) is 0 Å². The summed E-state index contributed by atoms with van der Waals surface area (Å²) in [7, 11) is 0. The van der Waals surface area contributed by atoms with Crippen LogP contribution < -0.4 is 15.1 Å². The second-order valence-corrected chi connectivity index (χ2v) is 7.49. The predicted molar refractivity (Wildman–Crippen MR) is 97.5 cm³/mol. The van der Waals surface area contributed by atoms with E-state index in [1.54, 1.807) is 12.1 Å². The molecule has 1 heterocycles. The van der Waals surface area contributed by atoms with Crippen LogP contribution in [0.3, 0.4) is 0 Å². The van der Waals surface area contributed by atoms with E-state index in [-0.39, 0.29) is 30.6 Å². The maximum atomic E-state index is 12.8. The Morgan fingerprint density at radius 1 is 1.12 bits per heavy atom. The lowest BCUT2D eigenvalue weighted by Crippen LogP contribution is -2.53. The number of carboxylic acids is 1. The third kappa shape index (κ3) is 3.29. The predicted octanol–water partition coefficient (Wildman–Crippen LogP) is 1.55. The summed E-state index contributed by atoms with van der Waals surface area (Å²) in [6.45, 7) is 0.370. The Labute approximate surface area is 152 Å². The summed E-state index contributed by atoms with van der Waals surface area (Å²) in [4.78, 5) is 27.7. The molecule has 7 nitrogen and oxygen atoms in total. The Morgan fingerprint density at radius 2 is 1.85 bits per heavy atom. The number of hydrogen-bond donors (Lipinski definition) is 3. The molecule has 1 aromatic rings. The van der Waals surface area contributed by atoms with Gasteiger partial charge in [-0.2, -0.15) is 0 Å². The van der Waals surface area contributed by atoms with E-state index in [0.717, 1.165) is 31.4 Å². The highest BCUT2D eigenvalue weighted by Gasteiger charge is 2.40. The second-order valence-electron chi connectivity index (χ2n) is 7.49. The first-order valence-electron chi connectivity index (χ1n) is 9.42. The molecule has 0 spiro atoms. The fourth-order valence-corrected chi connectivity index (χ4v) is 4.09. The van der Waals surface area contributed by atoms with E-state index in [2.05, 4.69) is 5.32 Å². The van der Waals surface area contributed by atoms with Gasteiger partial charge >= 0.3 is 5.97 Å². The van der Waals surface area contributed by atoms with Gasteiger partial charge in [0.1, 0.15) is 6.23 Å². The SMILES string of the molecule is O=C(O)c1ccc2c(c1)N(C(=O)CNC1CCCC1)CC(O)N2C1CC1. The van der Waals surface area contributed by atoms with Gasteiger partial charge in [0.05, 0.1) is 30.0 Å². The number of carboxylic acid groups (broad SMARTS) is 1. The van der Waals surface area contributed by atoms with Crippen molar-refractivity contribution in [2.45, 2.75) is 56.8 Å². The van der Waals surface area contributed by atoms with Crippen molar-refractivity contribution in [3.63, 3.8) is 0 Å². The van der Waals surface area contributed by atoms with Gasteiger partial charge in [0.25, 0.3) is 0 Å². The van der Waals surface area contributed by atoms with E-state index >= 15 is 0 Å². The van der Waals surface area contributed by atoms with Crippen LogP contribution in [0.2, 0.25) is 0 Å². The zero-order valence-corrected chi connectivity index (χ0v) is 14.7. The number of β-amino-alcohol motifs (C(OH)–C–C–N with tert-alkyl or cyclic N) is 1. The highest BCUT2D eigenvalue weighted by molar-refractivity contribution is 6.01. The molecule has 2 saturated carbocycles. The highest BCUT2D eigenvalue weighted by Crippen LogP contribution is 2.42. The molecule has 26 heavy (non-hydrogen) atoms. The first-order valence-corrected chi connectivity index (χ1v) is 9.42. The van der Waals surface area contributed by atoms with E-state index in [4.69, 9.17) is 0 Å². The Morgan fingerprint density at radius 3 is 2.50 bits per heavy atom. The maximum Gasteiger partial charge on any atom is 0.335 e. The van der Waals surface area contributed by atoms with Gasteiger partial charge in [-0.25, -0.2) is 4.79 Å². The third-order valence-electron chi connectivity index (χ3n) is 5.60. The Hall–Kier alpha value is -2.12. The van der Waals surface area contributed by atoms with Gasteiger partial charge in [0.2, 0.25) is 5.91 Å². The summed E-state index contributed by atoms with van der Waals surface area (Å²) in [5.41, 5.74) is 1.48. The van der Waals surface area contributed by atoms with Crippen molar-refractivity contribution in [2.24, 2.45) is 0 Å². The summed E-state index contributed by atoms with van der Waals surface area (Å²) in [6.07, 6.45) is 5.81. The maximum absolute atomic E-state index is 12.8. The molecular formula is C19H25N3O4. The average Bonchev–Trinajstić information content (AvgIpc) is 3.32. The number of carbonyl (C=O) groups is 2. The number of nitrogens with one attached hydrogen (secondary N) is 1. The van der Waals surface area contributed by atoms with Crippen LogP contribution in [0.1, 0.15) is 48.9 Å². The van der Waals surface area contributed by atoms with E-state index in [1.807, 2.05) is 4.90 Å². The topological polar surface area (TPSA) is 93.1 Å². The van der Waals surface area contributed by atoms with Crippen molar-refractivity contribution in [3.8, 4) is 0 Å². The summed E-state index contributed by atoms with van der Waals surface area (Å²) >= 11 is 0. The molecular weight excluding hydrogens is 334 g/mol. The molecule has 4 rings (SSSR count). The Kier molecular flexibility index (Phi) is 4.58. The molecule has 1 aliphatic heterocycles. The van der Waals surface area contributed by atoms with Gasteiger partial charge in [-0.1, -0.05) is 12.8 Å². The van der Waals surface area contributed by atoms with Gasteiger partial charge in [-0.15, -0.1) is 0 Å². The molecule has 0 saturated heterocycles. The minimum atomic E-state index is -1.02. The molecule has 140 valence electrons. The van der Waals surface area contributed by atoms with Crippen molar-refractivity contribution >= 4 is 23.3 Å². The van der Waals surface area contributed by atoms with Crippen molar-refractivity contribution in [1.82, 2.24) is 5.32 Å². The number of anilines is 2. The summed E-state index contributed by atoms with van der Waals surface area (Å²) < 4.78 is 0. The van der Waals surface area contributed by atoms with Crippen molar-refractivity contribution in [3.05, 3.63) is 23.8 Å². The number of hydrogen-bond acceptors (Lipinski definition) is 5. The van der Waals surface area contributed by atoms with E-state index in [1.165, 1.54) is 23.8 Å². The van der Waals surface area contributed by atoms with Crippen LogP contribution >= 0.6 is 0 Å². The number of fused-ring (bicyclic) bond motifs is 1. The first kappa shape index (κ1) is 17.3. The third-order valence-corrected chi connectivity index (χ3v) is 5.60. The Bertz CT molecular complexity index is 713. The molecule has 7 heteroatoms. The minimum Gasteiger partial charge on any atom is -0.478 e. The molecule has 2 aliphatic carbocycles. The monoisotopic (exact) mass is 359 g/mol. The van der Waals surface area contributed by atoms with Crippen LogP contribution in [-0.2, 0) is 4.79 Å². The number of nitrogens with zero attached hydrogens (tertiary/aromatic N) is 2. The number of rotatable bonds is 5. The molecule has 1 unspecified atom stereocenters. The van der Waals surface area contributed by atoms with Crippen molar-refractivity contribution < 1.29 is 19.8 Å². The lowest BCUT2D eigenvalue weighted by molar-refractivity contribution is -0.118. The fraction of sp³-hybridized carbons (Fsp3) is 0.579.